The first-order valence-corrected chi connectivity index (χ1v) is 8.63. The van der Waals surface area contributed by atoms with Crippen LogP contribution in [0.4, 0.5) is 0 Å². The summed E-state index contributed by atoms with van der Waals surface area (Å²) in [6.07, 6.45) is 11.0. The number of hydrogen-bond donors (Lipinski definition) is 2. The number of aryl methyl sites for hydroxylation is 1. The first-order chi connectivity index (χ1) is 10.8. The van der Waals surface area contributed by atoms with Gasteiger partial charge in [0.15, 0.2) is 11.8 Å². The van der Waals surface area contributed by atoms with Crippen LogP contribution in [0.25, 0.3) is 0 Å². The van der Waals surface area contributed by atoms with E-state index < -0.39 is 0 Å². The fourth-order valence-corrected chi connectivity index (χ4v) is 2.23. The van der Waals surface area contributed by atoms with Crippen molar-refractivity contribution in [3.05, 3.63) is 12.2 Å². The van der Waals surface area contributed by atoms with Gasteiger partial charge in [0.25, 0.3) is 0 Å². The van der Waals surface area contributed by atoms with Gasteiger partial charge in [-0.05, 0) is 13.3 Å². The van der Waals surface area contributed by atoms with E-state index in [-0.39, 0.29) is 0 Å². The average molecular weight is 308 g/mol. The van der Waals surface area contributed by atoms with E-state index >= 15 is 0 Å². The summed E-state index contributed by atoms with van der Waals surface area (Å²) in [6.45, 7) is 6.71. The summed E-state index contributed by atoms with van der Waals surface area (Å²) in [5, 5.41) is 14.6. The lowest BCUT2D eigenvalue weighted by molar-refractivity contribution is 0.583. The van der Waals surface area contributed by atoms with Gasteiger partial charge in [0.1, 0.15) is 12.9 Å². The van der Waals surface area contributed by atoms with Crippen molar-refractivity contribution in [2.24, 2.45) is 12.0 Å². The first kappa shape index (κ1) is 18.5. The van der Waals surface area contributed by atoms with Crippen molar-refractivity contribution in [1.29, 1.82) is 0 Å². The van der Waals surface area contributed by atoms with Gasteiger partial charge in [-0.3, -0.25) is 0 Å². The van der Waals surface area contributed by atoms with Gasteiger partial charge in [-0.15, -0.1) is 10.2 Å². The Kier molecular flexibility index (Phi) is 10.1. The fourth-order valence-electron chi connectivity index (χ4n) is 2.23. The Morgan fingerprint density at radius 3 is 2.45 bits per heavy atom. The van der Waals surface area contributed by atoms with Crippen molar-refractivity contribution < 1.29 is 0 Å². The summed E-state index contributed by atoms with van der Waals surface area (Å²) in [4.78, 5) is 4.55. The van der Waals surface area contributed by atoms with Crippen LogP contribution in [-0.2, 0) is 13.6 Å². The van der Waals surface area contributed by atoms with Gasteiger partial charge in [-0.25, -0.2) is 4.99 Å². The number of guanidine groups is 1. The Labute approximate surface area is 134 Å². The van der Waals surface area contributed by atoms with E-state index in [1.54, 1.807) is 6.33 Å². The van der Waals surface area contributed by atoms with E-state index in [4.69, 9.17) is 0 Å². The molecule has 0 amide bonds. The van der Waals surface area contributed by atoms with Crippen LogP contribution in [0.2, 0.25) is 0 Å². The highest BCUT2D eigenvalue weighted by Crippen LogP contribution is 2.06. The minimum Gasteiger partial charge on any atom is -0.357 e. The Balaban J connectivity index is 2.19. The molecule has 0 aromatic carbocycles. The van der Waals surface area contributed by atoms with E-state index in [9.17, 15) is 0 Å². The summed E-state index contributed by atoms with van der Waals surface area (Å²) in [7, 11) is 1.93. The maximum atomic E-state index is 4.55. The zero-order valence-electron chi connectivity index (χ0n) is 14.4. The Bertz CT molecular complexity index is 413. The smallest absolute Gasteiger partial charge is 0.191 e. The van der Waals surface area contributed by atoms with Crippen LogP contribution in [0, 0.1) is 0 Å². The van der Waals surface area contributed by atoms with Gasteiger partial charge in [-0.2, -0.15) is 0 Å². The molecule has 1 rings (SSSR count). The van der Waals surface area contributed by atoms with E-state index in [1.165, 1.54) is 44.9 Å². The molecule has 22 heavy (non-hydrogen) atoms. The molecule has 0 aliphatic carbocycles. The Morgan fingerprint density at radius 1 is 1.09 bits per heavy atom. The Hall–Kier alpha value is -1.59. The number of nitrogens with zero attached hydrogens (tertiary/aromatic N) is 4. The normalized spacial score (nSPS) is 11.7. The summed E-state index contributed by atoms with van der Waals surface area (Å²) >= 11 is 0. The second-order valence-corrected chi connectivity index (χ2v) is 5.60. The molecule has 0 spiro atoms. The third-order valence-corrected chi connectivity index (χ3v) is 3.60. The molecular weight excluding hydrogens is 276 g/mol. The highest BCUT2D eigenvalue weighted by atomic mass is 15.3. The Morgan fingerprint density at radius 2 is 1.82 bits per heavy atom. The number of rotatable bonds is 11. The van der Waals surface area contributed by atoms with Crippen LogP contribution in [0.5, 0.6) is 0 Å². The predicted molar refractivity (Wildman–Crippen MR) is 91.8 cm³/mol. The molecule has 0 saturated heterocycles. The van der Waals surface area contributed by atoms with Crippen molar-refractivity contribution in [1.82, 2.24) is 25.4 Å². The SMILES string of the molecule is CCCCCCCCCNC(=NCc1nncn1C)NCC. The molecule has 0 atom stereocenters. The molecule has 0 aliphatic rings. The minimum atomic E-state index is 0.544. The first-order valence-electron chi connectivity index (χ1n) is 8.63. The molecule has 0 fully saturated rings. The number of aliphatic imine (C=N–C) groups is 1. The van der Waals surface area contributed by atoms with Crippen molar-refractivity contribution >= 4 is 5.96 Å². The molecule has 126 valence electrons. The van der Waals surface area contributed by atoms with Gasteiger partial charge in [0.05, 0.1) is 0 Å². The lowest BCUT2D eigenvalue weighted by Crippen LogP contribution is -2.37. The maximum absolute atomic E-state index is 4.55. The molecule has 2 N–H and O–H groups in total. The number of aromatic nitrogens is 3. The van der Waals surface area contributed by atoms with Gasteiger partial charge >= 0.3 is 0 Å². The van der Waals surface area contributed by atoms with Crippen LogP contribution in [0.1, 0.15) is 64.6 Å². The van der Waals surface area contributed by atoms with Gasteiger partial charge in [-0.1, -0.05) is 45.4 Å². The van der Waals surface area contributed by atoms with Gasteiger partial charge in [0.2, 0.25) is 0 Å². The minimum absolute atomic E-state index is 0.544. The molecular formula is C16H32N6. The molecule has 0 bridgehead atoms. The maximum Gasteiger partial charge on any atom is 0.191 e. The molecule has 1 heterocycles. The third kappa shape index (κ3) is 8.00. The summed E-state index contributed by atoms with van der Waals surface area (Å²) < 4.78 is 1.89. The van der Waals surface area contributed by atoms with Crippen LogP contribution < -0.4 is 10.6 Å². The lowest BCUT2D eigenvalue weighted by Gasteiger charge is -2.11. The highest BCUT2D eigenvalue weighted by molar-refractivity contribution is 5.79. The zero-order valence-corrected chi connectivity index (χ0v) is 14.4. The molecule has 0 aliphatic heterocycles. The van der Waals surface area contributed by atoms with Gasteiger partial charge in [0, 0.05) is 20.1 Å². The summed E-state index contributed by atoms with van der Waals surface area (Å²) in [5.41, 5.74) is 0. The second-order valence-electron chi connectivity index (χ2n) is 5.60. The summed E-state index contributed by atoms with van der Waals surface area (Å²) in [5.74, 6) is 1.73. The highest BCUT2D eigenvalue weighted by Gasteiger charge is 2.01. The van der Waals surface area contributed by atoms with Crippen LogP contribution >= 0.6 is 0 Å². The van der Waals surface area contributed by atoms with E-state index in [2.05, 4.69) is 39.7 Å². The van der Waals surface area contributed by atoms with E-state index in [1.807, 2.05) is 11.6 Å². The van der Waals surface area contributed by atoms with Crippen LogP contribution in [-0.4, -0.2) is 33.8 Å². The van der Waals surface area contributed by atoms with Gasteiger partial charge < -0.3 is 15.2 Å². The molecule has 0 unspecified atom stereocenters. The number of hydrogen-bond acceptors (Lipinski definition) is 3. The van der Waals surface area contributed by atoms with Crippen molar-refractivity contribution in [3.63, 3.8) is 0 Å². The molecule has 6 heteroatoms. The summed E-state index contributed by atoms with van der Waals surface area (Å²) in [6, 6.07) is 0. The molecule has 1 aromatic heterocycles. The second kappa shape index (κ2) is 12.0. The molecule has 1 aromatic rings. The van der Waals surface area contributed by atoms with E-state index in [0.717, 1.165) is 24.9 Å². The largest absolute Gasteiger partial charge is 0.357 e. The fraction of sp³-hybridized carbons (Fsp3) is 0.812. The molecule has 0 radical (unpaired) electrons. The van der Waals surface area contributed by atoms with Crippen molar-refractivity contribution in [3.8, 4) is 0 Å². The topological polar surface area (TPSA) is 67.1 Å². The van der Waals surface area contributed by atoms with E-state index in [0.29, 0.717) is 6.54 Å². The number of unbranched alkanes of at least 4 members (excludes halogenated alkanes) is 6. The third-order valence-electron chi connectivity index (χ3n) is 3.60. The number of nitrogens with one attached hydrogen (secondary N) is 2. The quantitative estimate of drug-likeness (QED) is 0.375. The van der Waals surface area contributed by atoms with Crippen molar-refractivity contribution in [2.45, 2.75) is 65.3 Å². The monoisotopic (exact) mass is 308 g/mol. The van der Waals surface area contributed by atoms with Crippen LogP contribution in [0.3, 0.4) is 0 Å². The molecule has 6 nitrogen and oxygen atoms in total. The molecule has 0 saturated carbocycles. The lowest BCUT2D eigenvalue weighted by atomic mass is 10.1. The standard InChI is InChI=1S/C16H32N6/c1-4-6-7-8-9-10-11-12-18-16(17-5-2)19-13-15-21-20-14-22(15)3/h14H,4-13H2,1-3H3,(H2,17,18,19). The van der Waals surface area contributed by atoms with Crippen LogP contribution in [0.15, 0.2) is 11.3 Å². The zero-order chi connectivity index (χ0) is 16.0. The predicted octanol–water partition coefficient (Wildman–Crippen LogP) is 2.62. The van der Waals surface area contributed by atoms with Crippen molar-refractivity contribution in [2.75, 3.05) is 13.1 Å². The average Bonchev–Trinajstić information content (AvgIpc) is 2.92.